The van der Waals surface area contributed by atoms with Crippen molar-refractivity contribution < 1.29 is 19.5 Å². The van der Waals surface area contributed by atoms with Crippen LogP contribution in [0.2, 0.25) is 0 Å². The van der Waals surface area contributed by atoms with Crippen molar-refractivity contribution >= 4 is 28.7 Å². The SMILES string of the molecule is C/C(=C\C(C(C)C)N(C)C(=O)[C@@H](NC(=O)C1NCc2c(c3ccccc3n2C)C1(C)C)C(C)(C)C)C(=O)O. The number of para-hydroxylation sites is 1. The molecule has 3 N–H and O–H groups in total. The van der Waals surface area contributed by atoms with E-state index < -0.39 is 34.9 Å². The van der Waals surface area contributed by atoms with Crippen LogP contribution in [-0.4, -0.2) is 57.5 Å². The summed E-state index contributed by atoms with van der Waals surface area (Å²) in [5.41, 5.74) is 2.51. The first-order chi connectivity index (χ1) is 17.5. The van der Waals surface area contributed by atoms with Gasteiger partial charge in [0.2, 0.25) is 11.8 Å². The van der Waals surface area contributed by atoms with Crippen LogP contribution in [0.1, 0.15) is 66.6 Å². The summed E-state index contributed by atoms with van der Waals surface area (Å²) in [4.78, 5) is 40.8. The van der Waals surface area contributed by atoms with Gasteiger partial charge in [-0.25, -0.2) is 4.79 Å². The van der Waals surface area contributed by atoms with Gasteiger partial charge < -0.3 is 19.9 Å². The summed E-state index contributed by atoms with van der Waals surface area (Å²) in [5.74, 6) is -1.51. The minimum atomic E-state index is -1.02. The van der Waals surface area contributed by atoms with Gasteiger partial charge in [-0.2, -0.15) is 0 Å². The Morgan fingerprint density at radius 3 is 2.37 bits per heavy atom. The van der Waals surface area contributed by atoms with E-state index in [-0.39, 0.29) is 23.3 Å². The maximum absolute atomic E-state index is 13.9. The molecule has 208 valence electrons. The summed E-state index contributed by atoms with van der Waals surface area (Å²) >= 11 is 0. The van der Waals surface area contributed by atoms with Crippen LogP contribution >= 0.6 is 0 Å². The van der Waals surface area contributed by atoms with Crippen molar-refractivity contribution in [2.24, 2.45) is 18.4 Å². The highest BCUT2D eigenvalue weighted by atomic mass is 16.4. The van der Waals surface area contributed by atoms with Crippen LogP contribution in [0, 0.1) is 11.3 Å². The van der Waals surface area contributed by atoms with Gasteiger partial charge in [-0.1, -0.05) is 72.7 Å². The quantitative estimate of drug-likeness (QED) is 0.476. The summed E-state index contributed by atoms with van der Waals surface area (Å²) in [6, 6.07) is 6.46. The molecule has 1 aromatic heterocycles. The topological polar surface area (TPSA) is 104 Å². The zero-order valence-electron chi connectivity index (χ0n) is 24.5. The molecule has 0 bridgehead atoms. The lowest BCUT2D eigenvalue weighted by Gasteiger charge is -2.42. The van der Waals surface area contributed by atoms with Crippen LogP contribution < -0.4 is 10.6 Å². The molecule has 0 aliphatic carbocycles. The largest absolute Gasteiger partial charge is 0.478 e. The van der Waals surface area contributed by atoms with Gasteiger partial charge in [0.1, 0.15) is 6.04 Å². The predicted octanol–water partition coefficient (Wildman–Crippen LogP) is 3.97. The van der Waals surface area contributed by atoms with Crippen molar-refractivity contribution in [1.82, 2.24) is 20.1 Å². The number of fused-ring (bicyclic) bond motifs is 3. The van der Waals surface area contributed by atoms with Gasteiger partial charge in [0, 0.05) is 48.2 Å². The van der Waals surface area contributed by atoms with E-state index in [0.717, 1.165) is 22.2 Å². The van der Waals surface area contributed by atoms with Crippen molar-refractivity contribution in [3.05, 3.63) is 47.2 Å². The van der Waals surface area contributed by atoms with Crippen LogP contribution in [0.3, 0.4) is 0 Å². The second-order valence-electron chi connectivity index (χ2n) is 12.6. The molecule has 0 saturated heterocycles. The zero-order chi connectivity index (χ0) is 28.7. The van der Waals surface area contributed by atoms with Crippen molar-refractivity contribution in [3.8, 4) is 0 Å². The van der Waals surface area contributed by atoms with Gasteiger partial charge in [0.05, 0.1) is 12.1 Å². The van der Waals surface area contributed by atoms with Crippen LogP contribution in [0.25, 0.3) is 10.9 Å². The molecule has 0 saturated carbocycles. The monoisotopic (exact) mass is 524 g/mol. The molecule has 38 heavy (non-hydrogen) atoms. The van der Waals surface area contributed by atoms with Crippen molar-refractivity contribution in [2.75, 3.05) is 7.05 Å². The summed E-state index contributed by atoms with van der Waals surface area (Å²) in [6.07, 6.45) is 1.61. The van der Waals surface area contributed by atoms with E-state index in [4.69, 9.17) is 0 Å². The van der Waals surface area contributed by atoms with Crippen molar-refractivity contribution in [3.63, 3.8) is 0 Å². The number of amides is 2. The van der Waals surface area contributed by atoms with Gasteiger partial charge in [0.15, 0.2) is 0 Å². The zero-order valence-corrected chi connectivity index (χ0v) is 24.5. The molecule has 3 rings (SSSR count). The molecule has 1 aliphatic rings. The number of rotatable bonds is 7. The number of aromatic nitrogens is 1. The first kappa shape index (κ1) is 29.4. The Bertz CT molecular complexity index is 1270. The number of carboxylic acid groups (broad SMARTS) is 1. The van der Waals surface area contributed by atoms with Gasteiger partial charge in [0.25, 0.3) is 0 Å². The maximum atomic E-state index is 13.9. The van der Waals surface area contributed by atoms with Gasteiger partial charge in [-0.05, 0) is 29.9 Å². The highest BCUT2D eigenvalue weighted by molar-refractivity contribution is 5.94. The van der Waals surface area contributed by atoms with E-state index >= 15 is 0 Å². The standard InChI is InChI=1S/C30H44N4O4/c1-17(2)21(15-18(3)28(37)38)34(10)27(36)25(29(4,5)6)32-26(35)24-30(7,8)23-19-13-11-12-14-20(19)33(9)22(23)16-31-24/h11-15,17,21,24-25,31H,16H2,1-10H3,(H,32,35)(H,37,38)/b18-15+/t21?,24?,25-/m1/s1. The molecular formula is C30H44N4O4. The molecule has 2 unspecified atom stereocenters. The fourth-order valence-corrected chi connectivity index (χ4v) is 5.69. The first-order valence-corrected chi connectivity index (χ1v) is 13.3. The van der Waals surface area contributed by atoms with Crippen LogP contribution in [0.5, 0.6) is 0 Å². The number of likely N-dealkylation sites (N-methyl/N-ethyl adjacent to an activating group) is 1. The van der Waals surface area contributed by atoms with Crippen LogP contribution in [-0.2, 0) is 33.4 Å². The lowest BCUT2D eigenvalue weighted by molar-refractivity contribution is -0.141. The number of carboxylic acids is 1. The van der Waals surface area contributed by atoms with Crippen LogP contribution in [0.15, 0.2) is 35.9 Å². The molecule has 3 atom stereocenters. The van der Waals surface area contributed by atoms with E-state index in [9.17, 15) is 19.5 Å². The Hall–Kier alpha value is -3.13. The van der Waals surface area contributed by atoms with E-state index in [0.29, 0.717) is 6.54 Å². The molecule has 8 heteroatoms. The average Bonchev–Trinajstić information content (AvgIpc) is 3.12. The first-order valence-electron chi connectivity index (χ1n) is 13.3. The molecule has 2 aromatic rings. The Balaban J connectivity index is 1.93. The number of nitrogens with zero attached hydrogens (tertiary/aromatic N) is 2. The average molecular weight is 525 g/mol. The minimum Gasteiger partial charge on any atom is -0.478 e. The number of hydrogen-bond donors (Lipinski definition) is 3. The third-order valence-corrected chi connectivity index (χ3v) is 7.97. The van der Waals surface area contributed by atoms with Gasteiger partial charge >= 0.3 is 5.97 Å². The summed E-state index contributed by atoms with van der Waals surface area (Å²) < 4.78 is 2.18. The van der Waals surface area contributed by atoms with Crippen LogP contribution in [0.4, 0.5) is 0 Å². The molecule has 8 nitrogen and oxygen atoms in total. The Labute approximate surface area is 226 Å². The Kier molecular flexibility index (Phi) is 8.18. The highest BCUT2D eigenvalue weighted by Crippen LogP contribution is 2.40. The van der Waals surface area contributed by atoms with Crippen molar-refractivity contribution in [1.29, 1.82) is 0 Å². The highest BCUT2D eigenvalue weighted by Gasteiger charge is 2.46. The molecule has 2 amide bonds. The fourth-order valence-electron chi connectivity index (χ4n) is 5.69. The molecule has 0 spiro atoms. The molecule has 1 aromatic carbocycles. The third kappa shape index (κ3) is 5.37. The molecular weight excluding hydrogens is 480 g/mol. The summed E-state index contributed by atoms with van der Waals surface area (Å²) in [5, 5.41) is 17.0. The number of nitrogens with one attached hydrogen (secondary N) is 2. The molecule has 2 heterocycles. The number of benzene rings is 1. The smallest absolute Gasteiger partial charge is 0.331 e. The van der Waals surface area contributed by atoms with E-state index in [1.54, 1.807) is 18.0 Å². The number of hydrogen-bond acceptors (Lipinski definition) is 4. The van der Waals surface area contributed by atoms with Gasteiger partial charge in [-0.15, -0.1) is 0 Å². The fraction of sp³-hybridized carbons (Fsp3) is 0.567. The molecule has 1 aliphatic heterocycles. The maximum Gasteiger partial charge on any atom is 0.331 e. The lowest BCUT2D eigenvalue weighted by Crippen LogP contribution is -2.63. The summed E-state index contributed by atoms with van der Waals surface area (Å²) in [7, 11) is 3.73. The van der Waals surface area contributed by atoms with Gasteiger partial charge in [-0.3, -0.25) is 14.9 Å². The van der Waals surface area contributed by atoms with Crippen molar-refractivity contribution in [2.45, 2.75) is 85.5 Å². The Morgan fingerprint density at radius 1 is 1.21 bits per heavy atom. The number of carbonyl (C=O) groups is 3. The lowest BCUT2D eigenvalue weighted by atomic mass is 9.73. The normalized spacial score (nSPS) is 19.1. The molecule has 0 radical (unpaired) electrons. The van der Waals surface area contributed by atoms with E-state index in [1.165, 1.54) is 6.92 Å². The molecule has 0 fully saturated rings. The Morgan fingerprint density at radius 2 is 1.82 bits per heavy atom. The summed E-state index contributed by atoms with van der Waals surface area (Å²) in [6.45, 7) is 15.9. The van der Waals surface area contributed by atoms with E-state index in [1.807, 2.05) is 46.8 Å². The minimum absolute atomic E-state index is 0.0155. The number of aryl methyl sites for hydroxylation is 1. The number of carbonyl (C=O) groups excluding carboxylic acids is 2. The second-order valence-corrected chi connectivity index (χ2v) is 12.6. The predicted molar refractivity (Wildman–Crippen MR) is 151 cm³/mol. The second kappa shape index (κ2) is 10.6. The number of aliphatic carboxylic acids is 1. The van der Waals surface area contributed by atoms with E-state index in [2.05, 4.69) is 48.2 Å². The third-order valence-electron chi connectivity index (χ3n) is 7.97.